The van der Waals surface area contributed by atoms with E-state index in [0.29, 0.717) is 0 Å². The molecule has 0 aliphatic heterocycles. The third kappa shape index (κ3) is 5.23. The van der Waals surface area contributed by atoms with Gasteiger partial charge in [-0.1, -0.05) is 19.6 Å². The van der Waals surface area contributed by atoms with Crippen LogP contribution in [-0.2, 0) is 0 Å². The van der Waals surface area contributed by atoms with E-state index in [0.717, 1.165) is 6.54 Å². The molecule has 0 rings (SSSR count). The Kier molecular flexibility index (Phi) is 6.23. The van der Waals surface area contributed by atoms with Crippen molar-refractivity contribution in [3.05, 3.63) is 0 Å². The van der Waals surface area contributed by atoms with E-state index in [1.807, 2.05) is 14.1 Å². The van der Waals surface area contributed by atoms with E-state index in [-0.39, 0.29) is 0 Å². The zero-order chi connectivity index (χ0) is 12.1. The molecule has 4 nitrogen and oxygen atoms in total. The van der Waals surface area contributed by atoms with E-state index < -0.39 is 16.8 Å². The van der Waals surface area contributed by atoms with Gasteiger partial charge in [0.2, 0.25) is 0 Å². The Bertz CT molecular complexity index is 175. The molecule has 0 aromatic carbocycles. The van der Waals surface area contributed by atoms with Crippen LogP contribution in [0.3, 0.4) is 0 Å². The van der Waals surface area contributed by atoms with Crippen molar-refractivity contribution in [3.8, 4) is 0 Å². The molecule has 0 saturated heterocycles. The van der Waals surface area contributed by atoms with Gasteiger partial charge in [0, 0.05) is 8.07 Å². The summed E-state index contributed by atoms with van der Waals surface area (Å²) in [6.45, 7) is 8.33. The van der Waals surface area contributed by atoms with Crippen molar-refractivity contribution < 1.29 is 0 Å². The Morgan fingerprint density at radius 2 is 1.47 bits per heavy atom. The van der Waals surface area contributed by atoms with E-state index in [9.17, 15) is 0 Å². The van der Waals surface area contributed by atoms with Crippen LogP contribution in [0.15, 0.2) is 0 Å². The van der Waals surface area contributed by atoms with Crippen LogP contribution in [0.2, 0.25) is 25.7 Å². The predicted octanol–water partition coefficient (Wildman–Crippen LogP) is 0.350. The van der Waals surface area contributed by atoms with Crippen LogP contribution < -0.4 is 14.9 Å². The fraction of sp³-hybridized carbons (Fsp3) is 1.00. The van der Waals surface area contributed by atoms with Gasteiger partial charge in [-0.05, 0) is 40.8 Å². The quantitative estimate of drug-likeness (QED) is 0.569. The summed E-state index contributed by atoms with van der Waals surface area (Å²) in [4.78, 5) is 10.5. The zero-order valence-electron chi connectivity index (χ0n) is 11.4. The van der Waals surface area contributed by atoms with Crippen LogP contribution in [0.1, 0.15) is 0 Å². The Morgan fingerprint density at radius 1 is 1.00 bits per heavy atom. The lowest BCUT2D eigenvalue weighted by Gasteiger charge is -2.36. The van der Waals surface area contributed by atoms with Crippen LogP contribution in [0.25, 0.3) is 0 Å². The summed E-state index contributed by atoms with van der Waals surface area (Å²) in [5.74, 6) is 0. The smallest absolute Gasteiger partial charge is 0.303 e. The van der Waals surface area contributed by atoms with Crippen molar-refractivity contribution in [3.63, 3.8) is 0 Å². The first-order chi connectivity index (χ1) is 6.77. The maximum atomic E-state index is 3.67. The molecule has 0 saturated carbocycles. The molecule has 0 aliphatic carbocycles. The van der Waals surface area contributed by atoms with E-state index in [2.05, 4.69) is 53.2 Å². The van der Waals surface area contributed by atoms with Crippen molar-refractivity contribution in [2.24, 2.45) is 0 Å². The molecule has 0 aromatic rings. The standard InChI is InChI=1S/C9H28N4Si2/c1-10-15(11-2,13(3)4)12-8-9-14(5,6)7/h10-12H,8-9H2,1-7H3. The van der Waals surface area contributed by atoms with Crippen molar-refractivity contribution in [2.45, 2.75) is 25.7 Å². The second kappa shape index (κ2) is 6.12. The predicted molar refractivity (Wildman–Crippen MR) is 73.7 cm³/mol. The average molecular weight is 249 g/mol. The number of nitrogens with zero attached hydrogens (tertiary/aromatic N) is 1. The molecule has 15 heavy (non-hydrogen) atoms. The van der Waals surface area contributed by atoms with Crippen LogP contribution >= 0.6 is 0 Å². The van der Waals surface area contributed by atoms with Crippen molar-refractivity contribution in [1.82, 2.24) is 19.5 Å². The molecule has 0 aromatic heterocycles. The SMILES string of the molecule is CN[Si](NC)(NCC[Si](C)(C)C)N(C)C. The number of hydrogen-bond donors (Lipinski definition) is 3. The molecule has 3 N–H and O–H groups in total. The van der Waals surface area contributed by atoms with Gasteiger partial charge in [0.1, 0.15) is 0 Å². The minimum Gasteiger partial charge on any atom is -0.303 e. The highest BCUT2D eigenvalue weighted by atomic mass is 28.4. The average Bonchev–Trinajstić information content (AvgIpc) is 2.10. The number of rotatable bonds is 7. The molecule has 0 heterocycles. The molecular weight excluding hydrogens is 220 g/mol. The monoisotopic (exact) mass is 248 g/mol. The molecule has 6 heteroatoms. The van der Waals surface area contributed by atoms with Gasteiger partial charge in [0.15, 0.2) is 0 Å². The van der Waals surface area contributed by atoms with Crippen LogP contribution in [0, 0.1) is 0 Å². The molecule has 92 valence electrons. The Balaban J connectivity index is 4.19. The Labute approximate surface area is 97.1 Å². The maximum absolute atomic E-state index is 3.67. The van der Waals surface area contributed by atoms with Gasteiger partial charge in [-0.3, -0.25) is 4.57 Å². The van der Waals surface area contributed by atoms with Gasteiger partial charge in [-0.2, -0.15) is 0 Å². The molecule has 0 spiro atoms. The first kappa shape index (κ1) is 15.3. The van der Waals surface area contributed by atoms with Gasteiger partial charge >= 0.3 is 8.72 Å². The normalized spacial score (nSPS) is 13.6. The third-order valence-corrected chi connectivity index (χ3v) is 7.95. The van der Waals surface area contributed by atoms with Gasteiger partial charge < -0.3 is 14.9 Å². The largest absolute Gasteiger partial charge is 0.367 e. The van der Waals surface area contributed by atoms with Gasteiger partial charge in [-0.25, -0.2) is 0 Å². The highest BCUT2D eigenvalue weighted by molar-refractivity contribution is 6.76. The number of hydrogen-bond acceptors (Lipinski definition) is 4. The molecule has 0 atom stereocenters. The lowest BCUT2D eigenvalue weighted by molar-refractivity contribution is 0.543. The summed E-state index contributed by atoms with van der Waals surface area (Å²) in [6.07, 6.45) is 0. The van der Waals surface area contributed by atoms with Crippen LogP contribution in [-0.4, -0.2) is 56.1 Å². The molecular formula is C9H28N4Si2. The lowest BCUT2D eigenvalue weighted by atomic mass is 10.8. The summed E-state index contributed by atoms with van der Waals surface area (Å²) in [6, 6.07) is 1.32. The minimum absolute atomic E-state index is 0.932. The molecule has 0 amide bonds. The Hall–Kier alpha value is 0.274. The minimum atomic E-state index is -1.82. The van der Waals surface area contributed by atoms with Crippen LogP contribution in [0.5, 0.6) is 0 Å². The summed E-state index contributed by atoms with van der Waals surface area (Å²) in [7, 11) is 5.51. The first-order valence-electron chi connectivity index (χ1n) is 5.58. The summed E-state index contributed by atoms with van der Waals surface area (Å²) in [5.41, 5.74) is 0. The zero-order valence-corrected chi connectivity index (χ0v) is 13.4. The summed E-state index contributed by atoms with van der Waals surface area (Å²) in [5, 5.41) is 0. The highest BCUT2D eigenvalue weighted by Crippen LogP contribution is 2.06. The second-order valence-corrected chi connectivity index (χ2v) is 14.6. The van der Waals surface area contributed by atoms with Gasteiger partial charge in [-0.15, -0.1) is 0 Å². The fourth-order valence-corrected chi connectivity index (χ4v) is 4.95. The summed E-state index contributed by atoms with van der Waals surface area (Å²) < 4.78 is 2.25. The Morgan fingerprint density at radius 3 is 1.73 bits per heavy atom. The van der Waals surface area contributed by atoms with Crippen molar-refractivity contribution in [2.75, 3.05) is 34.7 Å². The number of nitrogens with one attached hydrogen (secondary N) is 3. The molecule has 0 bridgehead atoms. The molecule has 0 fully saturated rings. The first-order valence-corrected chi connectivity index (χ1v) is 11.2. The molecule has 0 aliphatic rings. The van der Waals surface area contributed by atoms with E-state index >= 15 is 0 Å². The fourth-order valence-electron chi connectivity index (χ4n) is 1.53. The van der Waals surface area contributed by atoms with E-state index in [4.69, 9.17) is 0 Å². The van der Waals surface area contributed by atoms with Crippen molar-refractivity contribution >= 4 is 16.8 Å². The third-order valence-electron chi connectivity index (χ3n) is 2.65. The van der Waals surface area contributed by atoms with E-state index in [1.54, 1.807) is 0 Å². The highest BCUT2D eigenvalue weighted by Gasteiger charge is 2.34. The van der Waals surface area contributed by atoms with Crippen LogP contribution in [0.4, 0.5) is 0 Å². The second-order valence-electron chi connectivity index (χ2n) is 5.34. The van der Waals surface area contributed by atoms with Gasteiger partial charge in [0.05, 0.1) is 0 Å². The van der Waals surface area contributed by atoms with Gasteiger partial charge in [0.25, 0.3) is 0 Å². The van der Waals surface area contributed by atoms with Crippen molar-refractivity contribution in [1.29, 1.82) is 0 Å². The molecule has 0 unspecified atom stereocenters. The maximum Gasteiger partial charge on any atom is 0.367 e. The molecule has 0 radical (unpaired) electrons. The van der Waals surface area contributed by atoms with E-state index in [1.165, 1.54) is 6.04 Å². The summed E-state index contributed by atoms with van der Waals surface area (Å²) >= 11 is 0. The lowest BCUT2D eigenvalue weighted by Crippen LogP contribution is -2.78. The topological polar surface area (TPSA) is 39.3 Å².